The van der Waals surface area contributed by atoms with Gasteiger partial charge in [-0.2, -0.15) is 0 Å². The summed E-state index contributed by atoms with van der Waals surface area (Å²) in [5.74, 6) is 0. The van der Waals surface area contributed by atoms with Crippen LogP contribution in [0.5, 0.6) is 0 Å². The molecule has 0 radical (unpaired) electrons. The summed E-state index contributed by atoms with van der Waals surface area (Å²) >= 11 is 0. The largest absolute Gasteiger partial charge is 0.297 e. The van der Waals surface area contributed by atoms with Crippen molar-refractivity contribution in [3.63, 3.8) is 0 Å². The monoisotopic (exact) mass is 362 g/mol. The van der Waals surface area contributed by atoms with Crippen LogP contribution in [0.2, 0.25) is 0 Å². The van der Waals surface area contributed by atoms with Gasteiger partial charge in [-0.1, -0.05) is 6.07 Å². The van der Waals surface area contributed by atoms with Gasteiger partial charge in [-0.3, -0.25) is 4.90 Å². The number of rotatable bonds is 8. The van der Waals surface area contributed by atoms with E-state index in [-0.39, 0.29) is 16.3 Å². The van der Waals surface area contributed by atoms with E-state index in [2.05, 4.69) is 37.3 Å². The lowest BCUT2D eigenvalue weighted by molar-refractivity contribution is 0.179. The van der Waals surface area contributed by atoms with Crippen molar-refractivity contribution >= 4 is 19.9 Å². The Morgan fingerprint density at radius 1 is 1.00 bits per heavy atom. The van der Waals surface area contributed by atoms with E-state index in [9.17, 15) is 16.8 Å². The van der Waals surface area contributed by atoms with E-state index in [1.807, 2.05) is 0 Å². The molecule has 0 aliphatic heterocycles. The number of nitrogens with zero attached hydrogens (tertiary/aromatic N) is 1. The predicted molar refractivity (Wildman–Crippen MR) is 91.7 cm³/mol. The van der Waals surface area contributed by atoms with Gasteiger partial charge < -0.3 is 0 Å². The Morgan fingerprint density at radius 3 is 2.00 bits per heavy atom. The van der Waals surface area contributed by atoms with Gasteiger partial charge in [0.25, 0.3) is 0 Å². The van der Waals surface area contributed by atoms with Crippen molar-refractivity contribution in [1.82, 2.24) is 9.62 Å². The summed E-state index contributed by atoms with van der Waals surface area (Å²) in [6.07, 6.45) is 1.05. The molecule has 0 aliphatic rings. The Labute approximate surface area is 139 Å². The van der Waals surface area contributed by atoms with Crippen molar-refractivity contribution in [1.29, 1.82) is 0 Å². The van der Waals surface area contributed by atoms with Crippen molar-refractivity contribution in [3.8, 4) is 0 Å². The van der Waals surface area contributed by atoms with E-state index in [1.54, 1.807) is 0 Å². The molecule has 0 atom stereocenters. The van der Waals surface area contributed by atoms with E-state index in [1.165, 1.54) is 24.3 Å². The number of nitrogens with one attached hydrogen (secondary N) is 1. The van der Waals surface area contributed by atoms with Gasteiger partial charge >= 0.3 is 0 Å². The Hall–Kier alpha value is -0.960. The van der Waals surface area contributed by atoms with Crippen molar-refractivity contribution in [2.75, 3.05) is 19.3 Å². The fraction of sp³-hybridized carbons (Fsp3) is 0.600. The topological polar surface area (TPSA) is 83.6 Å². The third kappa shape index (κ3) is 5.87. The van der Waals surface area contributed by atoms with Crippen LogP contribution in [0.15, 0.2) is 34.1 Å². The second kappa shape index (κ2) is 7.74. The van der Waals surface area contributed by atoms with Crippen LogP contribution in [0.4, 0.5) is 0 Å². The van der Waals surface area contributed by atoms with Crippen LogP contribution in [0.1, 0.15) is 27.7 Å². The first kappa shape index (κ1) is 20.1. The number of sulfone groups is 1. The van der Waals surface area contributed by atoms with Crippen LogP contribution >= 0.6 is 0 Å². The number of sulfonamides is 1. The molecule has 1 N–H and O–H groups in total. The molecule has 0 saturated heterocycles. The summed E-state index contributed by atoms with van der Waals surface area (Å²) in [5.41, 5.74) is 0. The zero-order chi connectivity index (χ0) is 17.8. The number of hydrogen-bond acceptors (Lipinski definition) is 5. The molecule has 6 nitrogen and oxygen atoms in total. The van der Waals surface area contributed by atoms with Gasteiger partial charge in [0.15, 0.2) is 9.84 Å². The molecule has 0 aliphatic carbocycles. The van der Waals surface area contributed by atoms with Crippen LogP contribution in [0.25, 0.3) is 0 Å². The lowest BCUT2D eigenvalue weighted by Gasteiger charge is -2.30. The molecule has 0 aromatic heterocycles. The summed E-state index contributed by atoms with van der Waals surface area (Å²) in [5, 5.41) is 0. The maximum Gasteiger partial charge on any atom is 0.240 e. The molecule has 23 heavy (non-hydrogen) atoms. The summed E-state index contributed by atoms with van der Waals surface area (Å²) in [4.78, 5) is 2.13. The zero-order valence-electron chi connectivity index (χ0n) is 14.3. The van der Waals surface area contributed by atoms with E-state index in [0.717, 1.165) is 6.26 Å². The highest BCUT2D eigenvalue weighted by atomic mass is 32.2. The quantitative estimate of drug-likeness (QED) is 0.757. The van der Waals surface area contributed by atoms with E-state index >= 15 is 0 Å². The molecule has 0 unspecified atom stereocenters. The average Bonchev–Trinajstić information content (AvgIpc) is 2.42. The molecule has 8 heteroatoms. The van der Waals surface area contributed by atoms with Crippen LogP contribution < -0.4 is 4.72 Å². The summed E-state index contributed by atoms with van der Waals surface area (Å²) < 4.78 is 50.2. The first-order valence-corrected chi connectivity index (χ1v) is 10.9. The lowest BCUT2D eigenvalue weighted by Crippen LogP contribution is -2.42. The molecule has 1 aromatic rings. The van der Waals surface area contributed by atoms with Crippen molar-refractivity contribution in [3.05, 3.63) is 24.3 Å². The standard InChI is InChI=1S/C15H26N2O4S2/c1-12(2)17(13(3)4)10-9-16-23(20,21)15-8-6-7-14(11-15)22(5,18)19/h6-8,11-13,16H,9-10H2,1-5H3. The molecular weight excluding hydrogens is 336 g/mol. The molecule has 0 bridgehead atoms. The smallest absolute Gasteiger partial charge is 0.240 e. The van der Waals surface area contributed by atoms with Gasteiger partial charge in [-0.15, -0.1) is 0 Å². The lowest BCUT2D eigenvalue weighted by atomic mass is 10.2. The third-order valence-electron chi connectivity index (χ3n) is 3.53. The fourth-order valence-electron chi connectivity index (χ4n) is 2.38. The first-order valence-electron chi connectivity index (χ1n) is 7.50. The van der Waals surface area contributed by atoms with E-state index in [4.69, 9.17) is 0 Å². The molecule has 0 fully saturated rings. The molecule has 0 spiro atoms. The van der Waals surface area contributed by atoms with Crippen molar-refractivity contribution in [2.24, 2.45) is 0 Å². The maximum atomic E-state index is 12.3. The highest BCUT2D eigenvalue weighted by Crippen LogP contribution is 2.15. The van der Waals surface area contributed by atoms with Crippen molar-refractivity contribution in [2.45, 2.75) is 49.6 Å². The molecule has 1 rings (SSSR count). The van der Waals surface area contributed by atoms with Gasteiger partial charge in [0.05, 0.1) is 9.79 Å². The summed E-state index contributed by atoms with van der Waals surface area (Å²) in [6, 6.07) is 6.01. The minimum absolute atomic E-state index is 0.00800. The summed E-state index contributed by atoms with van der Waals surface area (Å²) in [6.45, 7) is 9.09. The first-order chi connectivity index (χ1) is 10.4. The van der Waals surface area contributed by atoms with Gasteiger partial charge in [0, 0.05) is 31.4 Å². The molecular formula is C15H26N2O4S2. The van der Waals surface area contributed by atoms with Crippen LogP contribution in [0, 0.1) is 0 Å². The highest BCUT2D eigenvalue weighted by molar-refractivity contribution is 7.91. The minimum Gasteiger partial charge on any atom is -0.297 e. The molecule has 0 saturated carbocycles. The second-order valence-corrected chi connectivity index (χ2v) is 9.85. The molecule has 132 valence electrons. The van der Waals surface area contributed by atoms with Gasteiger partial charge in [0.1, 0.15) is 0 Å². The third-order valence-corrected chi connectivity index (χ3v) is 6.10. The predicted octanol–water partition coefficient (Wildman–Crippen LogP) is 1.49. The number of benzene rings is 1. The number of hydrogen-bond donors (Lipinski definition) is 1. The molecule has 1 aromatic carbocycles. The van der Waals surface area contributed by atoms with Gasteiger partial charge in [0.2, 0.25) is 10.0 Å². The molecule has 0 heterocycles. The van der Waals surface area contributed by atoms with Gasteiger partial charge in [-0.05, 0) is 45.9 Å². The average molecular weight is 363 g/mol. The van der Waals surface area contributed by atoms with Crippen LogP contribution in [-0.4, -0.2) is 53.2 Å². The zero-order valence-corrected chi connectivity index (χ0v) is 15.9. The SMILES string of the molecule is CC(C)N(CCNS(=O)(=O)c1cccc(S(C)(=O)=O)c1)C(C)C. The van der Waals surface area contributed by atoms with E-state index in [0.29, 0.717) is 18.6 Å². The maximum absolute atomic E-state index is 12.3. The second-order valence-electron chi connectivity index (χ2n) is 6.07. The Morgan fingerprint density at radius 2 is 1.52 bits per heavy atom. The van der Waals surface area contributed by atoms with Crippen LogP contribution in [0.3, 0.4) is 0 Å². The van der Waals surface area contributed by atoms with E-state index < -0.39 is 19.9 Å². The Balaban J connectivity index is 2.85. The Kier molecular flexibility index (Phi) is 6.76. The Bertz CT molecular complexity index is 718. The van der Waals surface area contributed by atoms with Crippen molar-refractivity contribution < 1.29 is 16.8 Å². The normalized spacial score (nSPS) is 13.2. The minimum atomic E-state index is -3.73. The van der Waals surface area contributed by atoms with Gasteiger partial charge in [-0.25, -0.2) is 21.6 Å². The molecule has 0 amide bonds. The van der Waals surface area contributed by atoms with Crippen LogP contribution in [-0.2, 0) is 19.9 Å². The highest BCUT2D eigenvalue weighted by Gasteiger charge is 2.18. The summed E-state index contributed by atoms with van der Waals surface area (Å²) in [7, 11) is -7.17. The fourth-order valence-corrected chi connectivity index (χ4v) is 4.19.